The van der Waals surface area contributed by atoms with Crippen molar-refractivity contribution in [1.82, 2.24) is 20.2 Å². The van der Waals surface area contributed by atoms with E-state index in [-0.39, 0.29) is 6.10 Å². The molecule has 2 heterocycles. The molecule has 148 valence electrons. The number of aromatic nitrogens is 2. The Morgan fingerprint density at radius 1 is 1.41 bits per heavy atom. The summed E-state index contributed by atoms with van der Waals surface area (Å²) in [7, 11) is 3.71. The molecule has 0 amide bonds. The Morgan fingerprint density at radius 3 is 2.93 bits per heavy atom. The average molecular weight is 392 g/mol. The molecule has 0 aliphatic rings. The highest BCUT2D eigenvalue weighted by molar-refractivity contribution is 7.09. The predicted octanol–water partition coefficient (Wildman–Crippen LogP) is 3.24. The lowest BCUT2D eigenvalue weighted by molar-refractivity contribution is 0.119. The Balaban J connectivity index is 2.05. The number of thiazole rings is 1. The van der Waals surface area contributed by atoms with Crippen molar-refractivity contribution in [3.8, 4) is 5.88 Å². The summed E-state index contributed by atoms with van der Waals surface area (Å²) in [5, 5.41) is 6.39. The molecular weight excluding hydrogens is 362 g/mol. The molecule has 0 saturated carbocycles. The van der Waals surface area contributed by atoms with Crippen LogP contribution in [0.3, 0.4) is 0 Å². The first-order valence-corrected chi connectivity index (χ1v) is 9.99. The van der Waals surface area contributed by atoms with Crippen LogP contribution in [0.4, 0.5) is 0 Å². The molecular formula is C19H29N5O2S. The molecule has 1 unspecified atom stereocenters. The van der Waals surface area contributed by atoms with Gasteiger partial charge in [0.15, 0.2) is 5.96 Å². The first-order valence-electron chi connectivity index (χ1n) is 9.11. The van der Waals surface area contributed by atoms with E-state index in [0.717, 1.165) is 28.8 Å². The first kappa shape index (κ1) is 21.1. The third kappa shape index (κ3) is 6.48. The average Bonchev–Trinajstić information content (AvgIpc) is 3.13. The van der Waals surface area contributed by atoms with Crippen LogP contribution in [0.25, 0.3) is 0 Å². The van der Waals surface area contributed by atoms with Crippen molar-refractivity contribution in [3.05, 3.63) is 40.0 Å². The molecule has 27 heavy (non-hydrogen) atoms. The van der Waals surface area contributed by atoms with Crippen molar-refractivity contribution in [1.29, 1.82) is 0 Å². The van der Waals surface area contributed by atoms with Crippen LogP contribution in [-0.2, 0) is 17.8 Å². The highest BCUT2D eigenvalue weighted by atomic mass is 32.1. The van der Waals surface area contributed by atoms with Crippen molar-refractivity contribution in [3.63, 3.8) is 0 Å². The molecule has 0 spiro atoms. The van der Waals surface area contributed by atoms with E-state index in [1.165, 1.54) is 0 Å². The van der Waals surface area contributed by atoms with Crippen LogP contribution >= 0.6 is 11.3 Å². The van der Waals surface area contributed by atoms with E-state index in [1.807, 2.05) is 33.0 Å². The topological polar surface area (TPSA) is 71.9 Å². The highest BCUT2D eigenvalue weighted by Gasteiger charge is 2.12. The van der Waals surface area contributed by atoms with E-state index in [2.05, 4.69) is 32.5 Å². The molecule has 8 heteroatoms. The monoisotopic (exact) mass is 391 g/mol. The maximum Gasteiger partial charge on any atom is 0.213 e. The summed E-state index contributed by atoms with van der Waals surface area (Å²) in [4.78, 5) is 15.7. The number of hydrogen-bond acceptors (Lipinski definition) is 6. The lowest BCUT2D eigenvalue weighted by Gasteiger charge is -2.21. The van der Waals surface area contributed by atoms with Gasteiger partial charge in [-0.3, -0.25) is 0 Å². The van der Waals surface area contributed by atoms with Gasteiger partial charge >= 0.3 is 0 Å². The van der Waals surface area contributed by atoms with Crippen molar-refractivity contribution < 1.29 is 9.47 Å². The van der Waals surface area contributed by atoms with Crippen molar-refractivity contribution in [2.45, 2.75) is 40.0 Å². The molecule has 1 atom stereocenters. The molecule has 0 saturated heterocycles. The van der Waals surface area contributed by atoms with Crippen LogP contribution < -0.4 is 10.1 Å². The zero-order valence-corrected chi connectivity index (χ0v) is 17.5. The van der Waals surface area contributed by atoms with Gasteiger partial charge in [0.05, 0.1) is 25.4 Å². The van der Waals surface area contributed by atoms with Gasteiger partial charge in [-0.05, 0) is 32.4 Å². The third-order valence-corrected chi connectivity index (χ3v) is 4.92. The summed E-state index contributed by atoms with van der Waals surface area (Å²) < 4.78 is 10.8. The Bertz CT molecular complexity index is 734. The van der Waals surface area contributed by atoms with Crippen LogP contribution in [-0.4, -0.2) is 48.1 Å². The van der Waals surface area contributed by atoms with E-state index in [4.69, 9.17) is 14.5 Å². The number of methoxy groups -OCH3 is 1. The number of nitrogens with zero attached hydrogens (tertiary/aromatic N) is 4. The molecule has 0 aliphatic heterocycles. The predicted molar refractivity (Wildman–Crippen MR) is 109 cm³/mol. The van der Waals surface area contributed by atoms with Gasteiger partial charge in [0.1, 0.15) is 11.1 Å². The lowest BCUT2D eigenvalue weighted by atomic mass is 10.3. The van der Waals surface area contributed by atoms with E-state index < -0.39 is 0 Å². The van der Waals surface area contributed by atoms with Crippen molar-refractivity contribution >= 4 is 17.3 Å². The highest BCUT2D eigenvalue weighted by Crippen LogP contribution is 2.21. The standard InChI is InChI=1S/C19H29N5O2S/c1-6-20-19(22-11-15-8-9-21-17(10-15)26-7-2)24(4)12-16-13-27-18(23-16)14(3)25-5/h8-10,13-14H,6-7,11-12H2,1-5H3,(H,20,22). The number of rotatable bonds is 9. The Labute approximate surface area is 165 Å². The molecule has 0 bridgehead atoms. The zero-order valence-electron chi connectivity index (χ0n) is 16.7. The van der Waals surface area contributed by atoms with Gasteiger partial charge in [0.25, 0.3) is 0 Å². The van der Waals surface area contributed by atoms with Crippen molar-refractivity contribution in [2.75, 3.05) is 27.3 Å². The van der Waals surface area contributed by atoms with Crippen LogP contribution in [0.15, 0.2) is 28.7 Å². The summed E-state index contributed by atoms with van der Waals surface area (Å²) in [5.74, 6) is 1.47. The fourth-order valence-corrected chi connectivity index (χ4v) is 3.25. The summed E-state index contributed by atoms with van der Waals surface area (Å²) in [6.07, 6.45) is 1.77. The number of aliphatic imine (C=N–C) groups is 1. The van der Waals surface area contributed by atoms with Gasteiger partial charge in [-0.1, -0.05) is 0 Å². The van der Waals surface area contributed by atoms with Crippen LogP contribution in [0.1, 0.15) is 43.1 Å². The molecule has 0 aromatic carbocycles. The summed E-state index contributed by atoms with van der Waals surface area (Å²) in [6.45, 7) is 8.64. The quantitative estimate of drug-likeness (QED) is 0.523. The molecule has 0 aliphatic carbocycles. The lowest BCUT2D eigenvalue weighted by Crippen LogP contribution is -2.38. The number of pyridine rings is 1. The maximum absolute atomic E-state index is 5.46. The Morgan fingerprint density at radius 2 is 2.22 bits per heavy atom. The molecule has 0 radical (unpaired) electrons. The summed E-state index contributed by atoms with van der Waals surface area (Å²) in [5.41, 5.74) is 2.07. The molecule has 1 N–H and O–H groups in total. The fourth-order valence-electron chi connectivity index (χ4n) is 2.41. The molecule has 2 rings (SSSR count). The van der Waals surface area contributed by atoms with Gasteiger partial charge in [0, 0.05) is 38.3 Å². The number of nitrogens with one attached hydrogen (secondary N) is 1. The van der Waals surface area contributed by atoms with E-state index in [9.17, 15) is 0 Å². The molecule has 7 nitrogen and oxygen atoms in total. The Kier molecular flexibility index (Phi) is 8.47. The van der Waals surface area contributed by atoms with E-state index in [1.54, 1.807) is 24.6 Å². The van der Waals surface area contributed by atoms with Crippen LogP contribution in [0.5, 0.6) is 5.88 Å². The van der Waals surface area contributed by atoms with Gasteiger partial charge in [-0.25, -0.2) is 15.0 Å². The maximum atomic E-state index is 5.46. The Hall–Kier alpha value is -2.19. The molecule has 0 fully saturated rings. The summed E-state index contributed by atoms with van der Waals surface area (Å²) in [6, 6.07) is 3.88. The van der Waals surface area contributed by atoms with Gasteiger partial charge < -0.3 is 19.7 Å². The number of guanidine groups is 1. The number of ether oxygens (including phenoxy) is 2. The molecule has 2 aromatic rings. The van der Waals surface area contributed by atoms with E-state index in [0.29, 0.717) is 25.6 Å². The van der Waals surface area contributed by atoms with E-state index >= 15 is 0 Å². The minimum atomic E-state index is 0.0159. The first-order chi connectivity index (χ1) is 13.1. The minimum Gasteiger partial charge on any atom is -0.478 e. The van der Waals surface area contributed by atoms with Gasteiger partial charge in [-0.2, -0.15) is 0 Å². The second-order valence-electron chi connectivity index (χ2n) is 6.02. The number of hydrogen-bond donors (Lipinski definition) is 1. The minimum absolute atomic E-state index is 0.0159. The second-order valence-corrected chi connectivity index (χ2v) is 6.91. The van der Waals surface area contributed by atoms with Gasteiger partial charge in [-0.15, -0.1) is 11.3 Å². The zero-order chi connectivity index (χ0) is 19.6. The van der Waals surface area contributed by atoms with Crippen LogP contribution in [0, 0.1) is 0 Å². The summed E-state index contributed by atoms with van der Waals surface area (Å²) >= 11 is 1.62. The second kappa shape index (κ2) is 10.8. The SMILES string of the molecule is CCNC(=NCc1ccnc(OCC)c1)N(C)Cc1csc(C(C)OC)n1. The van der Waals surface area contributed by atoms with Crippen molar-refractivity contribution in [2.24, 2.45) is 4.99 Å². The fraction of sp³-hybridized carbons (Fsp3) is 0.526. The smallest absolute Gasteiger partial charge is 0.213 e. The third-order valence-electron chi connectivity index (χ3n) is 3.87. The molecule has 2 aromatic heterocycles. The van der Waals surface area contributed by atoms with Crippen LogP contribution in [0.2, 0.25) is 0 Å². The largest absolute Gasteiger partial charge is 0.478 e. The normalized spacial score (nSPS) is 12.7. The van der Waals surface area contributed by atoms with Gasteiger partial charge in [0.2, 0.25) is 5.88 Å².